The van der Waals surface area contributed by atoms with Crippen LogP contribution in [0, 0.1) is 0 Å². The molecule has 98 valence electrons. The number of carbonyl (C=O) groups excluding carboxylic acids is 2. The molecule has 0 N–H and O–H groups in total. The van der Waals surface area contributed by atoms with E-state index < -0.39 is 5.97 Å². The first-order chi connectivity index (χ1) is 7.99. The standard InChI is InChI=1S/C14H24O3/c1-5-6-7-8-9-10-13(12(4)15)14(16)17-11(2)3/h10-11H,5-9H2,1-4H3/b13-10+. The molecule has 0 bridgehead atoms. The molecule has 0 rings (SSSR count). The summed E-state index contributed by atoms with van der Waals surface area (Å²) >= 11 is 0. The van der Waals surface area contributed by atoms with Crippen LogP contribution in [0.15, 0.2) is 11.6 Å². The number of carbonyl (C=O) groups is 2. The average molecular weight is 240 g/mol. The van der Waals surface area contributed by atoms with Gasteiger partial charge < -0.3 is 4.74 Å². The Morgan fingerprint density at radius 3 is 2.29 bits per heavy atom. The van der Waals surface area contributed by atoms with E-state index >= 15 is 0 Å². The second-order valence-electron chi connectivity index (χ2n) is 4.48. The maximum absolute atomic E-state index is 11.6. The van der Waals surface area contributed by atoms with Crippen LogP contribution in [0.1, 0.15) is 59.8 Å². The number of rotatable bonds is 8. The van der Waals surface area contributed by atoms with E-state index in [1.807, 2.05) is 0 Å². The Balaban J connectivity index is 4.27. The maximum atomic E-state index is 11.6. The second kappa shape index (κ2) is 8.97. The van der Waals surface area contributed by atoms with Crippen LogP contribution in [0.4, 0.5) is 0 Å². The minimum Gasteiger partial charge on any atom is -0.459 e. The van der Waals surface area contributed by atoms with Crippen LogP contribution < -0.4 is 0 Å². The van der Waals surface area contributed by atoms with Crippen molar-refractivity contribution < 1.29 is 14.3 Å². The zero-order valence-electron chi connectivity index (χ0n) is 11.4. The van der Waals surface area contributed by atoms with Gasteiger partial charge in [0.05, 0.1) is 11.7 Å². The fourth-order valence-corrected chi connectivity index (χ4v) is 1.47. The lowest BCUT2D eigenvalue weighted by Crippen LogP contribution is -2.17. The molecule has 0 aliphatic heterocycles. The van der Waals surface area contributed by atoms with Gasteiger partial charge in [-0.1, -0.05) is 32.3 Å². The molecule has 0 fully saturated rings. The SMILES string of the molecule is CCCCCC/C=C(\C(C)=O)C(=O)OC(C)C. The minimum atomic E-state index is -0.497. The van der Waals surface area contributed by atoms with Crippen LogP contribution in [-0.4, -0.2) is 17.9 Å². The lowest BCUT2D eigenvalue weighted by molar-refractivity contribution is -0.143. The number of unbranched alkanes of at least 4 members (excludes halogenated alkanes) is 4. The van der Waals surface area contributed by atoms with Crippen molar-refractivity contribution in [2.75, 3.05) is 0 Å². The summed E-state index contributed by atoms with van der Waals surface area (Å²) in [6.07, 6.45) is 6.81. The van der Waals surface area contributed by atoms with Gasteiger partial charge in [-0.05, 0) is 33.6 Å². The van der Waals surface area contributed by atoms with Gasteiger partial charge in [0, 0.05) is 0 Å². The molecule has 3 heteroatoms. The number of hydrogen-bond donors (Lipinski definition) is 0. The minimum absolute atomic E-state index is 0.189. The zero-order valence-corrected chi connectivity index (χ0v) is 11.4. The topological polar surface area (TPSA) is 43.4 Å². The molecule has 0 aliphatic carbocycles. The highest BCUT2D eigenvalue weighted by atomic mass is 16.5. The predicted molar refractivity (Wildman–Crippen MR) is 68.8 cm³/mol. The van der Waals surface area contributed by atoms with E-state index in [0.717, 1.165) is 19.3 Å². The average Bonchev–Trinajstić information content (AvgIpc) is 2.21. The Kier molecular flexibility index (Phi) is 8.38. The number of esters is 1. The highest BCUT2D eigenvalue weighted by molar-refractivity contribution is 6.16. The summed E-state index contributed by atoms with van der Waals surface area (Å²) in [4.78, 5) is 22.9. The number of hydrogen-bond acceptors (Lipinski definition) is 3. The predicted octanol–water partition coefficient (Wildman–Crippen LogP) is 3.42. The third-order valence-corrected chi connectivity index (χ3v) is 2.35. The third-order valence-electron chi connectivity index (χ3n) is 2.35. The van der Waals surface area contributed by atoms with Gasteiger partial charge in [0.1, 0.15) is 0 Å². The zero-order chi connectivity index (χ0) is 13.3. The Morgan fingerprint density at radius 1 is 1.18 bits per heavy atom. The van der Waals surface area contributed by atoms with E-state index in [9.17, 15) is 9.59 Å². The summed E-state index contributed by atoms with van der Waals surface area (Å²) in [6.45, 7) is 7.10. The van der Waals surface area contributed by atoms with Crippen molar-refractivity contribution in [3.8, 4) is 0 Å². The molecule has 17 heavy (non-hydrogen) atoms. The maximum Gasteiger partial charge on any atom is 0.341 e. The van der Waals surface area contributed by atoms with Crippen LogP contribution in [0.3, 0.4) is 0 Å². The number of allylic oxidation sites excluding steroid dienone is 1. The normalized spacial score (nSPS) is 11.7. The van der Waals surface area contributed by atoms with E-state index in [0.29, 0.717) is 0 Å². The van der Waals surface area contributed by atoms with Gasteiger partial charge in [0.15, 0.2) is 5.78 Å². The molecule has 0 atom stereocenters. The van der Waals surface area contributed by atoms with Gasteiger partial charge >= 0.3 is 5.97 Å². The smallest absolute Gasteiger partial charge is 0.341 e. The molecule has 0 saturated heterocycles. The fourth-order valence-electron chi connectivity index (χ4n) is 1.47. The molecule has 0 radical (unpaired) electrons. The van der Waals surface area contributed by atoms with Gasteiger partial charge in [0.2, 0.25) is 0 Å². The third kappa shape index (κ3) is 7.72. The van der Waals surface area contributed by atoms with Crippen molar-refractivity contribution in [3.63, 3.8) is 0 Å². The van der Waals surface area contributed by atoms with E-state index in [1.54, 1.807) is 19.9 Å². The van der Waals surface area contributed by atoms with Crippen LogP contribution in [0.2, 0.25) is 0 Å². The largest absolute Gasteiger partial charge is 0.459 e. The Bertz CT molecular complexity index is 277. The highest BCUT2D eigenvalue weighted by Gasteiger charge is 2.16. The van der Waals surface area contributed by atoms with Crippen molar-refractivity contribution in [2.24, 2.45) is 0 Å². The van der Waals surface area contributed by atoms with Crippen molar-refractivity contribution in [2.45, 2.75) is 65.9 Å². The number of ketones is 1. The van der Waals surface area contributed by atoms with Crippen molar-refractivity contribution in [3.05, 3.63) is 11.6 Å². The van der Waals surface area contributed by atoms with E-state index in [4.69, 9.17) is 4.74 Å². The van der Waals surface area contributed by atoms with Gasteiger partial charge in [0.25, 0.3) is 0 Å². The summed E-state index contributed by atoms with van der Waals surface area (Å²) in [6, 6.07) is 0. The summed E-state index contributed by atoms with van der Waals surface area (Å²) in [5.74, 6) is -0.714. The molecule has 0 aromatic rings. The Labute approximate surface area is 104 Å². The van der Waals surface area contributed by atoms with E-state index in [2.05, 4.69) is 6.92 Å². The van der Waals surface area contributed by atoms with Crippen LogP contribution in [-0.2, 0) is 14.3 Å². The lowest BCUT2D eigenvalue weighted by Gasteiger charge is -2.08. The summed E-state index contributed by atoms with van der Waals surface area (Å²) < 4.78 is 5.02. The number of Topliss-reactive ketones (excluding diaryl/α,β-unsaturated/α-hetero) is 1. The van der Waals surface area contributed by atoms with Gasteiger partial charge in [-0.15, -0.1) is 0 Å². The van der Waals surface area contributed by atoms with Gasteiger partial charge in [-0.25, -0.2) is 4.79 Å². The van der Waals surface area contributed by atoms with Crippen molar-refractivity contribution >= 4 is 11.8 Å². The lowest BCUT2D eigenvalue weighted by atomic mass is 10.1. The van der Waals surface area contributed by atoms with Crippen molar-refractivity contribution in [1.29, 1.82) is 0 Å². The van der Waals surface area contributed by atoms with E-state index in [1.165, 1.54) is 19.8 Å². The van der Waals surface area contributed by atoms with Gasteiger partial charge in [-0.3, -0.25) is 4.79 Å². The highest BCUT2D eigenvalue weighted by Crippen LogP contribution is 2.08. The number of ether oxygens (including phenoxy) is 1. The summed E-state index contributed by atoms with van der Waals surface area (Å²) in [7, 11) is 0. The molecular formula is C14H24O3. The molecular weight excluding hydrogens is 216 g/mol. The molecule has 0 amide bonds. The quantitative estimate of drug-likeness (QED) is 0.215. The Morgan fingerprint density at radius 2 is 1.82 bits per heavy atom. The van der Waals surface area contributed by atoms with Crippen LogP contribution in [0.25, 0.3) is 0 Å². The molecule has 0 aromatic carbocycles. The van der Waals surface area contributed by atoms with Crippen LogP contribution >= 0.6 is 0 Å². The molecule has 0 saturated carbocycles. The first-order valence-electron chi connectivity index (χ1n) is 6.41. The molecule has 0 aromatic heterocycles. The molecule has 0 aliphatic rings. The van der Waals surface area contributed by atoms with Crippen molar-refractivity contribution in [1.82, 2.24) is 0 Å². The second-order valence-corrected chi connectivity index (χ2v) is 4.48. The first kappa shape index (κ1) is 15.9. The van der Waals surface area contributed by atoms with E-state index in [-0.39, 0.29) is 17.5 Å². The Hall–Kier alpha value is -1.12. The molecule has 0 unspecified atom stereocenters. The van der Waals surface area contributed by atoms with Gasteiger partial charge in [-0.2, -0.15) is 0 Å². The molecule has 0 spiro atoms. The summed E-state index contributed by atoms with van der Waals surface area (Å²) in [5, 5.41) is 0. The molecule has 0 heterocycles. The molecule has 3 nitrogen and oxygen atoms in total. The first-order valence-corrected chi connectivity index (χ1v) is 6.41. The fraction of sp³-hybridized carbons (Fsp3) is 0.714. The monoisotopic (exact) mass is 240 g/mol. The summed E-state index contributed by atoms with van der Waals surface area (Å²) in [5.41, 5.74) is 0.190. The van der Waals surface area contributed by atoms with Crippen LogP contribution in [0.5, 0.6) is 0 Å².